The molecule has 0 radical (unpaired) electrons. The zero-order valence-electron chi connectivity index (χ0n) is 10.2. The lowest BCUT2D eigenvalue weighted by atomic mass is 10.2. The Morgan fingerprint density at radius 3 is 2.50 bits per heavy atom. The molecule has 6 heteroatoms. The topological polar surface area (TPSA) is 67.3 Å². The van der Waals surface area contributed by atoms with E-state index in [1.807, 2.05) is 18.2 Å². The molecule has 0 atom stereocenters. The summed E-state index contributed by atoms with van der Waals surface area (Å²) in [5.41, 5.74) is 2.64. The summed E-state index contributed by atoms with van der Waals surface area (Å²) in [6, 6.07) is 12.4. The smallest absolute Gasteiger partial charge is 0.340 e. The van der Waals surface area contributed by atoms with Crippen molar-refractivity contribution in [1.29, 1.82) is 0 Å². The van der Waals surface area contributed by atoms with Crippen LogP contribution in [0.4, 0.5) is 0 Å². The van der Waals surface area contributed by atoms with Crippen LogP contribution in [0.1, 0.15) is 5.56 Å². The Morgan fingerprint density at radius 2 is 1.85 bits per heavy atom. The van der Waals surface area contributed by atoms with Crippen LogP contribution in [-0.2, 0) is 12.7 Å². The van der Waals surface area contributed by atoms with Crippen molar-refractivity contribution < 1.29 is 11.2 Å². The van der Waals surface area contributed by atoms with Crippen molar-refractivity contribution in [3.05, 3.63) is 51.6 Å². The van der Waals surface area contributed by atoms with Crippen LogP contribution >= 0.6 is 31.1 Å². The molecule has 0 saturated carbocycles. The second-order valence-corrected chi connectivity index (χ2v) is 7.72. The van der Waals surface area contributed by atoms with E-state index in [-0.39, 0.29) is 6.61 Å². The number of rotatable bonds is 3. The van der Waals surface area contributed by atoms with E-state index in [9.17, 15) is 6.14 Å². The zero-order valence-corrected chi connectivity index (χ0v) is 13.2. The van der Waals surface area contributed by atoms with Gasteiger partial charge in [0.2, 0.25) is 0 Å². The lowest BCUT2D eigenvalue weighted by molar-refractivity contribution is 0.282. The standard InChI is InChI=1S/C14H10INO3S/c17-8-9-1-6-12-13(7-9)20-14(16-12)10-2-4-11(5-3-10)15(18)19/h1-7,17H,8H2. The number of hydrogen-bond acceptors (Lipinski definition) is 5. The molecule has 2 aromatic carbocycles. The van der Waals surface area contributed by atoms with Crippen LogP contribution in [-0.4, -0.2) is 10.1 Å². The maximum absolute atomic E-state index is 11.0. The van der Waals surface area contributed by atoms with Crippen LogP contribution in [0.2, 0.25) is 0 Å². The highest BCUT2D eigenvalue weighted by molar-refractivity contribution is 14.2. The summed E-state index contributed by atoms with van der Waals surface area (Å²) >= 11 is -1.86. The first kappa shape index (κ1) is 13.6. The van der Waals surface area contributed by atoms with Gasteiger partial charge in [-0.25, -0.2) is 11.1 Å². The first-order chi connectivity index (χ1) is 9.67. The van der Waals surface area contributed by atoms with Crippen molar-refractivity contribution in [3.63, 3.8) is 0 Å². The quantitative estimate of drug-likeness (QED) is 0.680. The van der Waals surface area contributed by atoms with Gasteiger partial charge in [0.25, 0.3) is 0 Å². The van der Waals surface area contributed by atoms with Gasteiger partial charge < -0.3 is 5.11 Å². The number of aliphatic hydroxyl groups is 1. The third-order valence-electron chi connectivity index (χ3n) is 2.90. The van der Waals surface area contributed by atoms with Gasteiger partial charge in [0, 0.05) is 5.56 Å². The number of fused-ring (bicyclic) bond motifs is 1. The Labute approximate surface area is 126 Å². The summed E-state index contributed by atoms with van der Waals surface area (Å²) in [5, 5.41) is 9.98. The number of thiazole rings is 1. The molecule has 3 aromatic rings. The normalized spacial score (nSPS) is 11.3. The summed E-state index contributed by atoms with van der Waals surface area (Å²) in [6.07, 6.45) is 0. The summed E-state index contributed by atoms with van der Waals surface area (Å²) in [7, 11) is 0. The highest BCUT2D eigenvalue weighted by atomic mass is 127. The van der Waals surface area contributed by atoms with E-state index in [2.05, 4.69) is 4.98 Å². The Bertz CT molecular complexity index is 829. The number of aromatic nitrogens is 1. The molecule has 0 saturated heterocycles. The monoisotopic (exact) mass is 399 g/mol. The van der Waals surface area contributed by atoms with Gasteiger partial charge in [-0.1, -0.05) is 18.2 Å². The zero-order chi connectivity index (χ0) is 14.1. The Balaban J connectivity index is 2.05. The molecule has 1 aromatic heterocycles. The van der Waals surface area contributed by atoms with Crippen LogP contribution in [0.25, 0.3) is 20.8 Å². The Kier molecular flexibility index (Phi) is 3.77. The number of aliphatic hydroxyl groups excluding tert-OH is 1. The van der Waals surface area contributed by atoms with Gasteiger partial charge >= 0.3 is 19.8 Å². The fourth-order valence-electron chi connectivity index (χ4n) is 1.89. The predicted molar refractivity (Wildman–Crippen MR) is 85.1 cm³/mol. The van der Waals surface area contributed by atoms with E-state index in [1.165, 1.54) is 11.3 Å². The van der Waals surface area contributed by atoms with Crippen molar-refractivity contribution in [2.45, 2.75) is 6.61 Å². The lowest BCUT2D eigenvalue weighted by Gasteiger charge is -1.94. The molecule has 0 fully saturated rings. The number of benzene rings is 2. The predicted octanol–water partition coefficient (Wildman–Crippen LogP) is 3.82. The summed E-state index contributed by atoms with van der Waals surface area (Å²) in [5.74, 6) is 0. The minimum Gasteiger partial charge on any atom is -0.392 e. The molecule has 1 N–H and O–H groups in total. The maximum Gasteiger partial charge on any atom is 0.340 e. The van der Waals surface area contributed by atoms with Gasteiger partial charge in [-0.15, -0.1) is 11.3 Å². The molecule has 1 heterocycles. The van der Waals surface area contributed by atoms with Crippen molar-refractivity contribution in [1.82, 2.24) is 4.98 Å². The lowest BCUT2D eigenvalue weighted by Crippen LogP contribution is -1.80. The summed E-state index contributed by atoms with van der Waals surface area (Å²) in [4.78, 5) is 4.53. The van der Waals surface area contributed by atoms with Gasteiger partial charge in [0.05, 0.1) is 20.4 Å². The minimum atomic E-state index is -3.39. The van der Waals surface area contributed by atoms with E-state index in [0.29, 0.717) is 3.57 Å². The number of halogens is 1. The SMILES string of the molecule is O=I(=O)c1ccc(-c2nc3ccc(CO)cc3s2)cc1. The fourth-order valence-corrected chi connectivity index (χ4v) is 3.87. The molecule has 0 aliphatic heterocycles. The largest absolute Gasteiger partial charge is 0.392 e. The van der Waals surface area contributed by atoms with Gasteiger partial charge in [0.1, 0.15) is 5.01 Å². The minimum absolute atomic E-state index is 0.0114. The fraction of sp³-hybridized carbons (Fsp3) is 0.0714. The van der Waals surface area contributed by atoms with E-state index in [1.54, 1.807) is 24.3 Å². The van der Waals surface area contributed by atoms with E-state index in [4.69, 9.17) is 5.11 Å². The molecule has 0 bridgehead atoms. The van der Waals surface area contributed by atoms with Gasteiger partial charge in [0.15, 0.2) is 0 Å². The molecule has 0 unspecified atom stereocenters. The second kappa shape index (κ2) is 5.55. The van der Waals surface area contributed by atoms with E-state index < -0.39 is 19.8 Å². The van der Waals surface area contributed by atoms with Crippen LogP contribution in [0.3, 0.4) is 0 Å². The van der Waals surface area contributed by atoms with Crippen molar-refractivity contribution >= 4 is 41.3 Å². The molecule has 0 aliphatic carbocycles. The van der Waals surface area contributed by atoms with Crippen LogP contribution < -0.4 is 0 Å². The molecule has 3 rings (SSSR count). The maximum atomic E-state index is 11.0. The van der Waals surface area contributed by atoms with Crippen molar-refractivity contribution in [2.75, 3.05) is 0 Å². The Hall–Kier alpha value is -1.38. The first-order valence-electron chi connectivity index (χ1n) is 5.83. The highest BCUT2D eigenvalue weighted by Crippen LogP contribution is 2.31. The van der Waals surface area contributed by atoms with Crippen LogP contribution in [0.15, 0.2) is 42.5 Å². The third kappa shape index (κ3) is 2.58. The van der Waals surface area contributed by atoms with E-state index in [0.717, 1.165) is 26.4 Å². The highest BCUT2D eigenvalue weighted by Gasteiger charge is 2.07. The molecule has 20 heavy (non-hydrogen) atoms. The molecule has 0 aliphatic rings. The Morgan fingerprint density at radius 1 is 1.10 bits per heavy atom. The number of hydrogen-bond donors (Lipinski definition) is 1. The van der Waals surface area contributed by atoms with Gasteiger partial charge in [-0.2, -0.15) is 0 Å². The van der Waals surface area contributed by atoms with Crippen molar-refractivity contribution in [2.24, 2.45) is 0 Å². The van der Waals surface area contributed by atoms with Gasteiger partial charge in [-0.3, -0.25) is 0 Å². The average molecular weight is 399 g/mol. The molecule has 0 spiro atoms. The number of nitrogens with zero attached hydrogens (tertiary/aromatic N) is 1. The van der Waals surface area contributed by atoms with Crippen LogP contribution in [0, 0.1) is 3.57 Å². The van der Waals surface area contributed by atoms with Crippen molar-refractivity contribution in [3.8, 4) is 10.6 Å². The third-order valence-corrected chi connectivity index (χ3v) is 5.71. The second-order valence-electron chi connectivity index (χ2n) is 4.20. The molecular weight excluding hydrogens is 389 g/mol. The molecule has 0 amide bonds. The average Bonchev–Trinajstić information content (AvgIpc) is 2.90. The van der Waals surface area contributed by atoms with Crippen LogP contribution in [0.5, 0.6) is 0 Å². The molecule has 4 nitrogen and oxygen atoms in total. The van der Waals surface area contributed by atoms with E-state index >= 15 is 0 Å². The summed E-state index contributed by atoms with van der Waals surface area (Å²) in [6.45, 7) is 0.0114. The summed E-state index contributed by atoms with van der Waals surface area (Å²) < 4.78 is 23.3. The first-order valence-corrected chi connectivity index (χ1v) is 9.49. The van der Waals surface area contributed by atoms with Gasteiger partial charge in [-0.05, 0) is 29.8 Å². The molecule has 102 valence electrons. The molecular formula is C14H10INO3S.